The lowest BCUT2D eigenvalue weighted by molar-refractivity contribution is -0.146. The number of aliphatic hydroxyl groups excluding tert-OH is 2. The summed E-state index contributed by atoms with van der Waals surface area (Å²) in [5.74, 6) is -1.51. The molecule has 2 fully saturated rings. The predicted octanol–water partition coefficient (Wildman–Crippen LogP) is 1.66. The van der Waals surface area contributed by atoms with E-state index in [1.807, 2.05) is 30.3 Å². The number of rotatable bonds is 4. The number of halogens is 3. The summed E-state index contributed by atoms with van der Waals surface area (Å²) in [6.07, 6.45) is -5.33. The quantitative estimate of drug-likeness (QED) is 0.853. The highest BCUT2D eigenvalue weighted by atomic mass is 19.4. The molecule has 1 aliphatic carbocycles. The summed E-state index contributed by atoms with van der Waals surface area (Å²) < 4.78 is 42.4. The summed E-state index contributed by atoms with van der Waals surface area (Å²) in [5.41, 5.74) is 0.549. The maximum atomic E-state index is 12.6. The van der Waals surface area contributed by atoms with E-state index in [0.717, 1.165) is 5.56 Å². The number of benzene rings is 1. The zero-order valence-corrected chi connectivity index (χ0v) is 13.7. The molecular weight excluding hydrogens is 351 g/mol. The molecule has 1 saturated heterocycles. The van der Waals surface area contributed by atoms with Crippen molar-refractivity contribution in [2.24, 2.45) is 11.3 Å². The lowest BCUT2D eigenvalue weighted by Crippen LogP contribution is -2.23. The zero-order valence-electron chi connectivity index (χ0n) is 13.7. The van der Waals surface area contributed by atoms with Crippen LogP contribution in [0.5, 0.6) is 0 Å². The SMILES string of the molecule is OC[C@@H]1[C@@H](c2ccccc2)[C@]12CN(Cc1nc(C(F)(F)F)no1)C[C@@H]2O. The molecule has 2 aromatic rings. The Morgan fingerprint density at radius 3 is 2.62 bits per heavy atom. The van der Waals surface area contributed by atoms with Crippen LogP contribution >= 0.6 is 0 Å². The fourth-order valence-electron chi connectivity index (χ4n) is 4.41. The van der Waals surface area contributed by atoms with Crippen molar-refractivity contribution in [3.8, 4) is 0 Å². The molecule has 2 heterocycles. The molecule has 0 unspecified atom stereocenters. The van der Waals surface area contributed by atoms with Crippen LogP contribution in [0.25, 0.3) is 0 Å². The van der Waals surface area contributed by atoms with E-state index in [9.17, 15) is 23.4 Å². The normalized spacial score (nSPS) is 31.7. The zero-order chi connectivity index (χ0) is 18.5. The summed E-state index contributed by atoms with van der Waals surface area (Å²) in [6.45, 7) is 0.705. The number of β-amino-alcohol motifs (C(OH)–C–C–N with tert-alkyl or cyclic N) is 1. The van der Waals surface area contributed by atoms with Gasteiger partial charge in [-0.2, -0.15) is 18.2 Å². The predicted molar refractivity (Wildman–Crippen MR) is 82.8 cm³/mol. The first-order valence-corrected chi connectivity index (χ1v) is 8.32. The maximum absolute atomic E-state index is 12.6. The second-order valence-electron chi connectivity index (χ2n) is 6.98. The van der Waals surface area contributed by atoms with E-state index in [4.69, 9.17) is 0 Å². The van der Waals surface area contributed by atoms with Crippen LogP contribution in [0.15, 0.2) is 34.9 Å². The van der Waals surface area contributed by atoms with Crippen LogP contribution in [0.4, 0.5) is 13.2 Å². The molecule has 2 N–H and O–H groups in total. The lowest BCUT2D eigenvalue weighted by atomic mass is 9.95. The maximum Gasteiger partial charge on any atom is 0.455 e. The van der Waals surface area contributed by atoms with Crippen molar-refractivity contribution in [2.45, 2.75) is 24.7 Å². The molecule has 6 nitrogen and oxygen atoms in total. The van der Waals surface area contributed by atoms with E-state index in [0.29, 0.717) is 6.54 Å². The van der Waals surface area contributed by atoms with Gasteiger partial charge in [0, 0.05) is 25.1 Å². The lowest BCUT2D eigenvalue weighted by Gasteiger charge is -2.15. The van der Waals surface area contributed by atoms with Gasteiger partial charge in [-0.3, -0.25) is 4.90 Å². The van der Waals surface area contributed by atoms with Crippen molar-refractivity contribution in [1.29, 1.82) is 0 Å². The second kappa shape index (κ2) is 6.04. The molecule has 0 radical (unpaired) electrons. The van der Waals surface area contributed by atoms with Crippen molar-refractivity contribution >= 4 is 0 Å². The fourth-order valence-corrected chi connectivity index (χ4v) is 4.41. The number of aromatic nitrogens is 2. The van der Waals surface area contributed by atoms with Crippen molar-refractivity contribution in [1.82, 2.24) is 15.0 Å². The molecule has 4 atom stereocenters. The molecule has 1 saturated carbocycles. The Morgan fingerprint density at radius 2 is 2.00 bits per heavy atom. The third-order valence-electron chi connectivity index (χ3n) is 5.55. The van der Waals surface area contributed by atoms with Gasteiger partial charge in [0.15, 0.2) is 0 Å². The van der Waals surface area contributed by atoms with Gasteiger partial charge in [0.05, 0.1) is 12.6 Å². The smallest absolute Gasteiger partial charge is 0.396 e. The average Bonchev–Trinajstić information content (AvgIpc) is 2.86. The molecule has 4 rings (SSSR count). The first-order chi connectivity index (χ1) is 12.4. The first kappa shape index (κ1) is 17.4. The number of hydrogen-bond acceptors (Lipinski definition) is 6. The minimum atomic E-state index is -4.65. The van der Waals surface area contributed by atoms with Gasteiger partial charge < -0.3 is 14.7 Å². The van der Waals surface area contributed by atoms with Gasteiger partial charge >= 0.3 is 6.18 Å². The average molecular weight is 369 g/mol. The van der Waals surface area contributed by atoms with E-state index >= 15 is 0 Å². The molecule has 1 spiro atoms. The van der Waals surface area contributed by atoms with Gasteiger partial charge in [-0.25, -0.2) is 0 Å². The van der Waals surface area contributed by atoms with Crippen molar-refractivity contribution in [3.05, 3.63) is 47.6 Å². The van der Waals surface area contributed by atoms with E-state index < -0.39 is 23.5 Å². The third kappa shape index (κ3) is 2.70. The standard InChI is InChI=1S/C17H18F3N3O3/c18-17(19,20)15-21-13(26-22-15)7-23-6-12(25)16(9-23)11(8-24)14(16)10-4-2-1-3-5-10/h1-5,11-12,14,24-25H,6-9H2/t11-,12+,14-,16-/m1/s1. The Morgan fingerprint density at radius 1 is 1.27 bits per heavy atom. The highest BCUT2D eigenvalue weighted by Crippen LogP contribution is 2.68. The van der Waals surface area contributed by atoms with E-state index in [-0.39, 0.29) is 37.4 Å². The van der Waals surface area contributed by atoms with Crippen LogP contribution in [0.1, 0.15) is 23.2 Å². The second-order valence-corrected chi connectivity index (χ2v) is 6.98. The van der Waals surface area contributed by atoms with Gasteiger partial charge in [0.2, 0.25) is 5.89 Å². The summed E-state index contributed by atoms with van der Waals surface area (Å²) in [7, 11) is 0. The molecule has 2 aliphatic rings. The van der Waals surface area contributed by atoms with Gasteiger partial charge in [-0.1, -0.05) is 35.5 Å². The molecule has 9 heteroatoms. The Hall–Kier alpha value is -1.97. The summed E-state index contributed by atoms with van der Waals surface area (Å²) in [4.78, 5) is 5.17. The Balaban J connectivity index is 1.50. The van der Waals surface area contributed by atoms with E-state index in [2.05, 4.69) is 14.7 Å². The highest BCUT2D eigenvalue weighted by molar-refractivity contribution is 5.36. The molecule has 0 amide bonds. The molecule has 1 aliphatic heterocycles. The van der Waals surface area contributed by atoms with Crippen LogP contribution in [0, 0.1) is 11.3 Å². The van der Waals surface area contributed by atoms with Crippen molar-refractivity contribution in [2.75, 3.05) is 19.7 Å². The number of aliphatic hydroxyl groups is 2. The van der Waals surface area contributed by atoms with Gasteiger partial charge in [-0.05, 0) is 17.4 Å². The number of alkyl halides is 3. The van der Waals surface area contributed by atoms with Gasteiger partial charge in [-0.15, -0.1) is 0 Å². The molecule has 26 heavy (non-hydrogen) atoms. The number of hydrogen-bond donors (Lipinski definition) is 2. The largest absolute Gasteiger partial charge is 0.455 e. The monoisotopic (exact) mass is 369 g/mol. The topological polar surface area (TPSA) is 82.6 Å². The van der Waals surface area contributed by atoms with Crippen LogP contribution in [-0.4, -0.2) is 51.1 Å². The summed E-state index contributed by atoms with van der Waals surface area (Å²) in [5, 5.41) is 23.3. The highest BCUT2D eigenvalue weighted by Gasteiger charge is 2.70. The Labute approximate surface area is 147 Å². The van der Waals surface area contributed by atoms with E-state index in [1.54, 1.807) is 4.90 Å². The van der Waals surface area contributed by atoms with Gasteiger partial charge in [0.25, 0.3) is 5.82 Å². The minimum Gasteiger partial charge on any atom is -0.396 e. The van der Waals surface area contributed by atoms with Crippen LogP contribution in [-0.2, 0) is 12.7 Å². The molecule has 0 bridgehead atoms. The number of nitrogens with zero attached hydrogens (tertiary/aromatic N) is 3. The summed E-state index contributed by atoms with van der Waals surface area (Å²) in [6, 6.07) is 9.64. The Kier molecular flexibility index (Phi) is 4.05. The van der Waals surface area contributed by atoms with Gasteiger partial charge in [0.1, 0.15) is 0 Å². The molecule has 1 aromatic heterocycles. The molecule has 140 valence electrons. The fraction of sp³-hybridized carbons (Fsp3) is 0.529. The number of likely N-dealkylation sites (tertiary alicyclic amines) is 1. The van der Waals surface area contributed by atoms with Crippen molar-refractivity contribution in [3.63, 3.8) is 0 Å². The van der Waals surface area contributed by atoms with Crippen LogP contribution in [0.3, 0.4) is 0 Å². The minimum absolute atomic E-state index is 0.0159. The van der Waals surface area contributed by atoms with Crippen LogP contribution in [0.2, 0.25) is 0 Å². The Bertz CT molecular complexity index is 782. The van der Waals surface area contributed by atoms with Crippen LogP contribution < -0.4 is 0 Å². The summed E-state index contributed by atoms with van der Waals surface area (Å²) >= 11 is 0. The molecular formula is C17H18F3N3O3. The molecule has 1 aromatic carbocycles. The van der Waals surface area contributed by atoms with E-state index in [1.165, 1.54) is 0 Å². The first-order valence-electron chi connectivity index (χ1n) is 8.32. The van der Waals surface area contributed by atoms with Crippen molar-refractivity contribution < 1.29 is 27.9 Å². The third-order valence-corrected chi connectivity index (χ3v) is 5.55.